The number of amides is 2. The second-order valence-electron chi connectivity index (χ2n) is 5.06. The van der Waals surface area contributed by atoms with Crippen molar-refractivity contribution in [2.75, 3.05) is 5.32 Å². The van der Waals surface area contributed by atoms with E-state index in [1.165, 1.54) is 11.3 Å². The van der Waals surface area contributed by atoms with Gasteiger partial charge in [-0.3, -0.25) is 14.3 Å². The number of hydrogen-bond donors (Lipinski definition) is 2. The van der Waals surface area contributed by atoms with Crippen molar-refractivity contribution in [1.82, 2.24) is 9.78 Å². The molecule has 0 aromatic carbocycles. The van der Waals surface area contributed by atoms with Gasteiger partial charge in [0.05, 0.1) is 10.0 Å². The molecule has 1 aliphatic carbocycles. The van der Waals surface area contributed by atoms with Crippen LogP contribution in [0.5, 0.6) is 0 Å². The number of carbonyl (C=O) groups excluding carboxylic acids is 2. The topological polar surface area (TPSA) is 90.0 Å². The maximum absolute atomic E-state index is 12.4. The maximum atomic E-state index is 12.4. The summed E-state index contributed by atoms with van der Waals surface area (Å²) in [5.74, 6) is -0.839. The fourth-order valence-electron chi connectivity index (χ4n) is 2.63. The molecule has 2 heterocycles. The van der Waals surface area contributed by atoms with Crippen LogP contribution in [-0.2, 0) is 19.4 Å². The summed E-state index contributed by atoms with van der Waals surface area (Å²) in [6, 6.07) is 0. The van der Waals surface area contributed by atoms with E-state index < -0.39 is 5.91 Å². The number of thiophene rings is 1. The largest absolute Gasteiger partial charge is 0.365 e. The van der Waals surface area contributed by atoms with E-state index in [1.807, 2.05) is 6.92 Å². The van der Waals surface area contributed by atoms with Gasteiger partial charge in [0, 0.05) is 17.6 Å². The smallest absolute Gasteiger partial charge is 0.277 e. The number of aromatic nitrogens is 2. The molecule has 22 heavy (non-hydrogen) atoms. The van der Waals surface area contributed by atoms with Crippen molar-refractivity contribution in [2.24, 2.45) is 5.73 Å². The molecule has 0 aliphatic heterocycles. The summed E-state index contributed by atoms with van der Waals surface area (Å²) in [6.45, 7) is 2.61. The Morgan fingerprint density at radius 3 is 2.91 bits per heavy atom. The first kappa shape index (κ1) is 15.2. The number of halogens is 1. The lowest BCUT2D eigenvalue weighted by Crippen LogP contribution is -2.18. The molecule has 1 aliphatic rings. The molecule has 2 amide bonds. The highest BCUT2D eigenvalue weighted by Crippen LogP contribution is 2.39. The van der Waals surface area contributed by atoms with E-state index in [9.17, 15) is 9.59 Å². The molecule has 0 atom stereocenters. The second kappa shape index (κ2) is 5.85. The van der Waals surface area contributed by atoms with Gasteiger partial charge in [-0.15, -0.1) is 11.3 Å². The van der Waals surface area contributed by atoms with Gasteiger partial charge < -0.3 is 11.1 Å². The highest BCUT2D eigenvalue weighted by atomic mass is 79.9. The summed E-state index contributed by atoms with van der Waals surface area (Å²) >= 11 is 4.77. The minimum atomic E-state index is -0.493. The van der Waals surface area contributed by atoms with Crippen LogP contribution in [0.25, 0.3) is 0 Å². The van der Waals surface area contributed by atoms with E-state index in [0.717, 1.165) is 29.7 Å². The van der Waals surface area contributed by atoms with Gasteiger partial charge in [-0.2, -0.15) is 5.10 Å². The molecule has 8 heteroatoms. The van der Waals surface area contributed by atoms with Gasteiger partial charge in [-0.1, -0.05) is 0 Å². The average Bonchev–Trinajstić information content (AvgIpc) is 3.11. The van der Waals surface area contributed by atoms with E-state index in [0.29, 0.717) is 27.3 Å². The third-order valence-corrected chi connectivity index (χ3v) is 5.44. The second-order valence-corrected chi connectivity index (χ2v) is 7.02. The van der Waals surface area contributed by atoms with Crippen LogP contribution in [0.4, 0.5) is 5.00 Å². The third-order valence-electron chi connectivity index (χ3n) is 3.65. The van der Waals surface area contributed by atoms with E-state index in [2.05, 4.69) is 26.3 Å². The lowest BCUT2D eigenvalue weighted by molar-refractivity contribution is 0.100. The van der Waals surface area contributed by atoms with E-state index >= 15 is 0 Å². The zero-order chi connectivity index (χ0) is 15.9. The Balaban J connectivity index is 1.91. The van der Waals surface area contributed by atoms with Crippen molar-refractivity contribution in [3.05, 3.63) is 32.4 Å². The minimum absolute atomic E-state index is 0.297. The molecule has 116 valence electrons. The third kappa shape index (κ3) is 2.56. The fraction of sp³-hybridized carbons (Fsp3) is 0.357. The Kier molecular flexibility index (Phi) is 4.05. The summed E-state index contributed by atoms with van der Waals surface area (Å²) in [7, 11) is 0. The number of nitrogens with one attached hydrogen (secondary N) is 1. The molecule has 6 nitrogen and oxygen atoms in total. The molecule has 0 fully saturated rings. The van der Waals surface area contributed by atoms with Crippen LogP contribution in [0.1, 0.15) is 44.6 Å². The van der Waals surface area contributed by atoms with Crippen LogP contribution in [0.3, 0.4) is 0 Å². The summed E-state index contributed by atoms with van der Waals surface area (Å²) in [5.41, 5.74) is 7.23. The van der Waals surface area contributed by atoms with Gasteiger partial charge in [0.2, 0.25) is 0 Å². The normalized spacial score (nSPS) is 13.2. The predicted octanol–water partition coefficient (Wildman–Crippen LogP) is 2.57. The van der Waals surface area contributed by atoms with Crippen molar-refractivity contribution in [3.63, 3.8) is 0 Å². The molecule has 0 radical (unpaired) electrons. The summed E-state index contributed by atoms with van der Waals surface area (Å²) in [5, 5.41) is 7.53. The van der Waals surface area contributed by atoms with Gasteiger partial charge in [-0.25, -0.2) is 0 Å². The molecular weight excluding hydrogens is 368 g/mol. The molecule has 0 saturated carbocycles. The van der Waals surface area contributed by atoms with Crippen molar-refractivity contribution in [3.8, 4) is 0 Å². The Labute approximate surface area is 139 Å². The highest BCUT2D eigenvalue weighted by Gasteiger charge is 2.27. The lowest BCUT2D eigenvalue weighted by atomic mass is 10.1. The molecule has 3 N–H and O–H groups in total. The van der Waals surface area contributed by atoms with Crippen LogP contribution < -0.4 is 11.1 Å². The van der Waals surface area contributed by atoms with Crippen molar-refractivity contribution in [1.29, 1.82) is 0 Å². The number of anilines is 1. The Morgan fingerprint density at radius 2 is 2.27 bits per heavy atom. The standard InChI is InChI=1S/C14H15BrN4O2S/c1-2-19-6-8(15)11(18-19)13(21)17-14-10(12(16)20)7-4-3-5-9(7)22-14/h6H,2-5H2,1H3,(H2,16,20)(H,17,21). The summed E-state index contributed by atoms with van der Waals surface area (Å²) in [6.07, 6.45) is 4.55. The molecule has 2 aromatic rings. The van der Waals surface area contributed by atoms with Crippen molar-refractivity contribution in [2.45, 2.75) is 32.7 Å². The van der Waals surface area contributed by atoms with Crippen LogP contribution in [0.15, 0.2) is 10.7 Å². The first-order valence-electron chi connectivity index (χ1n) is 7.00. The van der Waals surface area contributed by atoms with E-state index in [1.54, 1.807) is 10.9 Å². The Morgan fingerprint density at radius 1 is 1.50 bits per heavy atom. The van der Waals surface area contributed by atoms with Crippen LogP contribution in [0, 0.1) is 0 Å². The number of hydrogen-bond acceptors (Lipinski definition) is 4. The SMILES string of the molecule is CCn1cc(Br)c(C(=O)Nc2sc3c(c2C(N)=O)CCC3)n1. The first-order chi connectivity index (χ1) is 10.5. The molecule has 3 rings (SSSR count). The summed E-state index contributed by atoms with van der Waals surface area (Å²) < 4.78 is 2.29. The van der Waals surface area contributed by atoms with Gasteiger partial charge in [0.25, 0.3) is 11.8 Å². The molecular formula is C14H15BrN4O2S. The first-order valence-corrected chi connectivity index (χ1v) is 8.60. The fourth-order valence-corrected chi connectivity index (χ4v) is 4.41. The minimum Gasteiger partial charge on any atom is -0.365 e. The van der Waals surface area contributed by atoms with Crippen molar-refractivity contribution >= 4 is 44.1 Å². The average molecular weight is 383 g/mol. The molecule has 0 saturated heterocycles. The molecule has 0 unspecified atom stereocenters. The Bertz CT molecular complexity index is 765. The zero-order valence-corrected chi connectivity index (χ0v) is 14.4. The van der Waals surface area contributed by atoms with Gasteiger partial charge in [-0.05, 0) is 47.7 Å². The number of nitrogens with two attached hydrogens (primary N) is 1. The lowest BCUT2D eigenvalue weighted by Gasteiger charge is -2.04. The Hall–Kier alpha value is -1.67. The van der Waals surface area contributed by atoms with Crippen LogP contribution in [0.2, 0.25) is 0 Å². The van der Waals surface area contributed by atoms with Crippen LogP contribution in [-0.4, -0.2) is 21.6 Å². The van der Waals surface area contributed by atoms with Gasteiger partial charge >= 0.3 is 0 Å². The quantitative estimate of drug-likeness (QED) is 0.850. The van der Waals surface area contributed by atoms with E-state index in [4.69, 9.17) is 5.73 Å². The molecule has 2 aromatic heterocycles. The number of aryl methyl sites for hydroxylation is 2. The summed E-state index contributed by atoms with van der Waals surface area (Å²) in [4.78, 5) is 25.3. The maximum Gasteiger partial charge on any atom is 0.277 e. The van der Waals surface area contributed by atoms with Gasteiger partial charge in [0.15, 0.2) is 5.69 Å². The zero-order valence-electron chi connectivity index (χ0n) is 12.0. The van der Waals surface area contributed by atoms with Crippen LogP contribution >= 0.6 is 27.3 Å². The monoisotopic (exact) mass is 382 g/mol. The van der Waals surface area contributed by atoms with Crippen molar-refractivity contribution < 1.29 is 9.59 Å². The molecule has 0 spiro atoms. The number of carbonyl (C=O) groups is 2. The predicted molar refractivity (Wildman–Crippen MR) is 88.4 cm³/mol. The highest BCUT2D eigenvalue weighted by molar-refractivity contribution is 9.10. The number of primary amides is 1. The number of fused-ring (bicyclic) bond motifs is 1. The number of nitrogens with zero attached hydrogens (tertiary/aromatic N) is 2. The number of rotatable bonds is 4. The molecule has 0 bridgehead atoms. The van der Waals surface area contributed by atoms with E-state index in [-0.39, 0.29) is 5.91 Å². The van der Waals surface area contributed by atoms with Gasteiger partial charge in [0.1, 0.15) is 5.00 Å².